The molecule has 1 heteroatoms. The Morgan fingerprint density at radius 2 is 2.14 bits per heavy atom. The van der Waals surface area contributed by atoms with Gasteiger partial charge in [-0.2, -0.15) is 0 Å². The van der Waals surface area contributed by atoms with Crippen molar-refractivity contribution in [1.29, 1.82) is 0 Å². The van der Waals surface area contributed by atoms with E-state index >= 15 is 0 Å². The van der Waals surface area contributed by atoms with Crippen molar-refractivity contribution in [3.05, 3.63) is 48.0 Å². The van der Waals surface area contributed by atoms with E-state index in [0.29, 0.717) is 0 Å². The summed E-state index contributed by atoms with van der Waals surface area (Å²) in [4.78, 5) is 4.65. The predicted molar refractivity (Wildman–Crippen MR) is 57.0 cm³/mol. The lowest BCUT2D eigenvalue weighted by molar-refractivity contribution is 0.755. The predicted octanol–water partition coefficient (Wildman–Crippen LogP) is 3.00. The minimum absolute atomic E-state index is 1.08. The smallest absolute Gasteiger partial charge is 0.0705 e. The number of fused-ring (bicyclic) bond motifs is 2. The number of benzene rings is 1. The molecule has 0 spiro atoms. The van der Waals surface area contributed by atoms with Gasteiger partial charge < -0.3 is 0 Å². The van der Waals surface area contributed by atoms with Gasteiger partial charge in [0.25, 0.3) is 0 Å². The number of para-hydroxylation sites is 1. The third-order valence-corrected chi connectivity index (χ3v) is 2.71. The van der Waals surface area contributed by atoms with Gasteiger partial charge in [-0.3, -0.25) is 4.98 Å². The van der Waals surface area contributed by atoms with Crippen LogP contribution in [0.5, 0.6) is 0 Å². The second-order valence-electron chi connectivity index (χ2n) is 3.71. The maximum absolute atomic E-state index is 4.65. The minimum Gasteiger partial charge on any atom is -0.253 e. The van der Waals surface area contributed by atoms with Gasteiger partial charge in [0.05, 0.1) is 5.52 Å². The van der Waals surface area contributed by atoms with Crippen molar-refractivity contribution in [1.82, 2.24) is 4.98 Å². The fourth-order valence-corrected chi connectivity index (χ4v) is 1.98. The van der Waals surface area contributed by atoms with Crippen LogP contribution in [0.2, 0.25) is 0 Å². The fourth-order valence-electron chi connectivity index (χ4n) is 1.98. The van der Waals surface area contributed by atoms with Crippen LogP contribution in [0.15, 0.2) is 30.3 Å². The minimum atomic E-state index is 1.08. The second kappa shape index (κ2) is 3.09. The summed E-state index contributed by atoms with van der Waals surface area (Å²) in [5, 5.41) is 1.22. The van der Waals surface area contributed by atoms with Crippen molar-refractivity contribution in [2.24, 2.45) is 0 Å². The molecule has 1 nitrogen and oxygen atoms in total. The average Bonchev–Trinajstić information content (AvgIpc) is 2.26. The SMILES string of the molecule is [C]1CCCc2nc3ccccc3cc21. The molecule has 1 heterocycles. The Morgan fingerprint density at radius 3 is 3.14 bits per heavy atom. The highest BCUT2D eigenvalue weighted by atomic mass is 14.7. The maximum atomic E-state index is 4.65. The molecular formula is C13H11N. The summed E-state index contributed by atoms with van der Waals surface area (Å²) < 4.78 is 0. The third-order valence-electron chi connectivity index (χ3n) is 2.71. The van der Waals surface area contributed by atoms with E-state index in [-0.39, 0.29) is 0 Å². The number of nitrogens with zero attached hydrogens (tertiary/aromatic N) is 1. The van der Waals surface area contributed by atoms with Gasteiger partial charge in [0.1, 0.15) is 0 Å². The largest absolute Gasteiger partial charge is 0.253 e. The fraction of sp³-hybridized carbons (Fsp3) is 0.231. The van der Waals surface area contributed by atoms with E-state index in [1.807, 2.05) is 6.07 Å². The Labute approximate surface area is 83.8 Å². The molecule has 1 aliphatic carbocycles. The monoisotopic (exact) mass is 181 g/mol. The maximum Gasteiger partial charge on any atom is 0.0705 e. The zero-order chi connectivity index (χ0) is 9.38. The first-order valence-electron chi connectivity index (χ1n) is 5.06. The van der Waals surface area contributed by atoms with Crippen molar-refractivity contribution >= 4 is 10.9 Å². The lowest BCUT2D eigenvalue weighted by Crippen LogP contribution is -2.03. The highest BCUT2D eigenvalue weighted by Gasteiger charge is 2.11. The van der Waals surface area contributed by atoms with Crippen molar-refractivity contribution in [3.63, 3.8) is 0 Å². The molecule has 0 saturated carbocycles. The molecule has 0 amide bonds. The Morgan fingerprint density at radius 1 is 1.21 bits per heavy atom. The molecular weight excluding hydrogens is 170 g/mol. The number of hydrogen-bond donors (Lipinski definition) is 0. The van der Waals surface area contributed by atoms with Crippen LogP contribution < -0.4 is 0 Å². The average molecular weight is 181 g/mol. The van der Waals surface area contributed by atoms with E-state index in [0.717, 1.165) is 18.4 Å². The molecule has 0 aliphatic heterocycles. The summed E-state index contributed by atoms with van der Waals surface area (Å²) in [6.07, 6.45) is 6.77. The summed E-state index contributed by atoms with van der Waals surface area (Å²) in [6.45, 7) is 0. The van der Waals surface area contributed by atoms with Crippen LogP contribution in [0.4, 0.5) is 0 Å². The molecule has 1 aliphatic rings. The molecule has 2 aromatic rings. The van der Waals surface area contributed by atoms with Crippen LogP contribution in [-0.2, 0) is 6.42 Å². The normalized spacial score (nSPS) is 15.4. The Bertz CT molecular complexity index is 429. The summed E-state index contributed by atoms with van der Waals surface area (Å²) in [5.41, 5.74) is 3.54. The highest BCUT2D eigenvalue weighted by molar-refractivity contribution is 5.79. The Kier molecular flexibility index (Phi) is 1.76. The zero-order valence-corrected chi connectivity index (χ0v) is 7.96. The van der Waals surface area contributed by atoms with Gasteiger partial charge in [0, 0.05) is 17.5 Å². The van der Waals surface area contributed by atoms with E-state index in [4.69, 9.17) is 0 Å². The van der Waals surface area contributed by atoms with Gasteiger partial charge in [-0.15, -0.1) is 0 Å². The van der Waals surface area contributed by atoms with E-state index < -0.39 is 0 Å². The van der Waals surface area contributed by atoms with Gasteiger partial charge >= 0.3 is 0 Å². The number of hydrogen-bond acceptors (Lipinski definition) is 1. The Hall–Kier alpha value is -1.37. The molecule has 0 saturated heterocycles. The molecule has 2 radical (unpaired) electrons. The number of aryl methyl sites for hydroxylation is 1. The summed E-state index contributed by atoms with van der Waals surface area (Å²) in [7, 11) is 0. The van der Waals surface area contributed by atoms with Crippen molar-refractivity contribution in [3.8, 4) is 0 Å². The van der Waals surface area contributed by atoms with Gasteiger partial charge in [-0.1, -0.05) is 18.2 Å². The van der Waals surface area contributed by atoms with Gasteiger partial charge in [0.2, 0.25) is 0 Å². The molecule has 1 aromatic heterocycles. The zero-order valence-electron chi connectivity index (χ0n) is 7.96. The third kappa shape index (κ3) is 1.20. The lowest BCUT2D eigenvalue weighted by Gasteiger charge is -2.14. The molecule has 68 valence electrons. The number of rotatable bonds is 0. The van der Waals surface area contributed by atoms with Crippen LogP contribution in [0.1, 0.15) is 24.1 Å². The van der Waals surface area contributed by atoms with E-state index in [9.17, 15) is 0 Å². The molecule has 0 N–H and O–H groups in total. The second-order valence-corrected chi connectivity index (χ2v) is 3.71. The summed E-state index contributed by atoms with van der Waals surface area (Å²) >= 11 is 0. The number of pyridine rings is 1. The van der Waals surface area contributed by atoms with Gasteiger partial charge in [-0.25, -0.2) is 0 Å². The Balaban J connectivity index is 2.27. The number of aromatic nitrogens is 1. The molecule has 3 rings (SSSR count). The van der Waals surface area contributed by atoms with Gasteiger partial charge in [-0.05, 0) is 37.0 Å². The summed E-state index contributed by atoms with van der Waals surface area (Å²) in [6, 6.07) is 10.5. The van der Waals surface area contributed by atoms with E-state index in [2.05, 4.69) is 35.7 Å². The standard InChI is InChI=1S/C13H11N/c1-3-7-12-10(5-1)9-11-6-2-4-8-13(11)14-12/h1,3,5,7,9H,2,4,8H2. The van der Waals surface area contributed by atoms with Crippen molar-refractivity contribution < 1.29 is 0 Å². The van der Waals surface area contributed by atoms with Crippen LogP contribution >= 0.6 is 0 Å². The van der Waals surface area contributed by atoms with Crippen molar-refractivity contribution in [2.75, 3.05) is 0 Å². The van der Waals surface area contributed by atoms with E-state index in [1.54, 1.807) is 0 Å². The van der Waals surface area contributed by atoms with E-state index in [1.165, 1.54) is 23.1 Å². The molecule has 1 aromatic carbocycles. The summed E-state index contributed by atoms with van der Waals surface area (Å²) in [5.74, 6) is 0. The topological polar surface area (TPSA) is 12.9 Å². The quantitative estimate of drug-likeness (QED) is 0.608. The van der Waals surface area contributed by atoms with Gasteiger partial charge in [0.15, 0.2) is 0 Å². The first-order chi connectivity index (χ1) is 6.93. The molecule has 0 atom stereocenters. The van der Waals surface area contributed by atoms with Crippen LogP contribution in [0.25, 0.3) is 10.9 Å². The molecule has 0 bridgehead atoms. The van der Waals surface area contributed by atoms with Crippen LogP contribution in [0.3, 0.4) is 0 Å². The molecule has 0 fully saturated rings. The first kappa shape index (κ1) is 7.98. The highest BCUT2D eigenvalue weighted by Crippen LogP contribution is 2.24. The first-order valence-corrected chi connectivity index (χ1v) is 5.06. The lowest BCUT2D eigenvalue weighted by atomic mass is 9.95. The van der Waals surface area contributed by atoms with Crippen LogP contribution in [0, 0.1) is 6.42 Å². The van der Waals surface area contributed by atoms with Crippen molar-refractivity contribution in [2.45, 2.75) is 19.3 Å². The van der Waals surface area contributed by atoms with Crippen LogP contribution in [-0.4, -0.2) is 4.98 Å². The molecule has 0 unspecified atom stereocenters. The molecule has 14 heavy (non-hydrogen) atoms.